The number of hydrogen-bond acceptors (Lipinski definition) is 3. The number of fused-ring (bicyclic) bond motifs is 1. The quantitative estimate of drug-likeness (QED) is 0.748. The van der Waals surface area contributed by atoms with Crippen LogP contribution in [0.1, 0.15) is 31.9 Å². The summed E-state index contributed by atoms with van der Waals surface area (Å²) in [7, 11) is 1.62. The average Bonchev–Trinajstić information content (AvgIpc) is 2.25. The molecule has 0 saturated heterocycles. The van der Waals surface area contributed by atoms with Gasteiger partial charge in [0.05, 0.1) is 4.90 Å². The van der Waals surface area contributed by atoms with Crippen LogP contribution in [0.3, 0.4) is 0 Å². The summed E-state index contributed by atoms with van der Waals surface area (Å²) in [4.78, 5) is 13.4. The number of carbonyl (C=O) groups is 1. The molecule has 0 radical (unpaired) electrons. The number of benzene rings is 1. The van der Waals surface area contributed by atoms with Crippen LogP contribution in [-0.4, -0.2) is 25.8 Å². The minimum atomic E-state index is -3.74. The van der Waals surface area contributed by atoms with Crippen LogP contribution in [0.2, 0.25) is 0 Å². The van der Waals surface area contributed by atoms with Crippen molar-refractivity contribution < 1.29 is 13.2 Å². The van der Waals surface area contributed by atoms with Crippen LogP contribution >= 0.6 is 10.7 Å². The summed E-state index contributed by atoms with van der Waals surface area (Å²) in [6.45, 7) is 6.64. The van der Waals surface area contributed by atoms with Gasteiger partial charge in [0.25, 0.3) is 9.05 Å². The minimum absolute atomic E-state index is 0.0159. The molecule has 0 N–H and O–H groups in total. The van der Waals surface area contributed by atoms with Crippen molar-refractivity contribution in [1.82, 2.24) is 4.90 Å². The third kappa shape index (κ3) is 2.77. The molecular formula is C13H16ClNO3S. The molecule has 1 aliphatic rings. The molecule has 19 heavy (non-hydrogen) atoms. The fourth-order valence-electron chi connectivity index (χ4n) is 2.56. The highest BCUT2D eigenvalue weighted by molar-refractivity contribution is 8.13. The lowest BCUT2D eigenvalue weighted by atomic mass is 9.78. The Hall–Kier alpha value is -1.07. The van der Waals surface area contributed by atoms with Gasteiger partial charge in [0.1, 0.15) is 0 Å². The predicted molar refractivity (Wildman–Crippen MR) is 73.6 cm³/mol. The van der Waals surface area contributed by atoms with Crippen molar-refractivity contribution in [2.45, 2.75) is 37.6 Å². The van der Waals surface area contributed by atoms with E-state index in [2.05, 4.69) is 0 Å². The maximum atomic E-state index is 11.6. The topological polar surface area (TPSA) is 54.5 Å². The van der Waals surface area contributed by atoms with Crippen LogP contribution in [0.5, 0.6) is 0 Å². The Labute approximate surface area is 117 Å². The Balaban J connectivity index is 2.55. The van der Waals surface area contributed by atoms with Gasteiger partial charge in [-0.1, -0.05) is 19.9 Å². The molecule has 0 aromatic heterocycles. The zero-order valence-electron chi connectivity index (χ0n) is 11.1. The first-order chi connectivity index (χ1) is 8.61. The monoisotopic (exact) mass is 301 g/mol. The molecule has 1 heterocycles. The minimum Gasteiger partial charge on any atom is -0.338 e. The summed E-state index contributed by atoms with van der Waals surface area (Å²) < 4.78 is 22.8. The van der Waals surface area contributed by atoms with Gasteiger partial charge < -0.3 is 4.90 Å². The standard InChI is InChI=1S/C13H16ClNO3S/c1-9(16)15-7-10-6-11(19(14,17)18)4-5-12(10)13(2,3)8-15/h4-6H,7-8H2,1-3H3. The van der Waals surface area contributed by atoms with Gasteiger partial charge in [-0.3, -0.25) is 4.79 Å². The number of amides is 1. The summed E-state index contributed by atoms with van der Waals surface area (Å²) in [6, 6.07) is 4.88. The number of hydrogen-bond donors (Lipinski definition) is 0. The highest BCUT2D eigenvalue weighted by Gasteiger charge is 2.33. The number of nitrogens with zero attached hydrogens (tertiary/aromatic N) is 1. The Bertz CT molecular complexity index is 637. The molecule has 1 aliphatic heterocycles. The van der Waals surface area contributed by atoms with E-state index in [0.717, 1.165) is 11.1 Å². The lowest BCUT2D eigenvalue weighted by Crippen LogP contribution is -2.44. The molecule has 1 aromatic rings. The Morgan fingerprint density at radius 3 is 2.53 bits per heavy atom. The zero-order valence-corrected chi connectivity index (χ0v) is 12.7. The lowest BCUT2D eigenvalue weighted by Gasteiger charge is -2.39. The second-order valence-corrected chi connectivity index (χ2v) is 8.08. The Kier molecular flexibility index (Phi) is 3.39. The van der Waals surface area contributed by atoms with E-state index in [-0.39, 0.29) is 16.2 Å². The Morgan fingerprint density at radius 2 is 2.00 bits per heavy atom. The van der Waals surface area contributed by atoms with Crippen molar-refractivity contribution in [3.05, 3.63) is 29.3 Å². The molecule has 2 rings (SSSR count). The fraction of sp³-hybridized carbons (Fsp3) is 0.462. The summed E-state index contributed by atoms with van der Waals surface area (Å²) in [5.74, 6) is -0.0159. The second kappa shape index (κ2) is 4.49. The van der Waals surface area contributed by atoms with Crippen LogP contribution in [0.25, 0.3) is 0 Å². The number of rotatable bonds is 1. The van der Waals surface area contributed by atoms with Gasteiger partial charge in [-0.2, -0.15) is 0 Å². The summed E-state index contributed by atoms with van der Waals surface area (Å²) in [5, 5.41) is 0. The van der Waals surface area contributed by atoms with Gasteiger partial charge in [0.15, 0.2) is 0 Å². The van der Waals surface area contributed by atoms with Gasteiger partial charge in [-0.05, 0) is 23.3 Å². The molecule has 0 bridgehead atoms. The lowest BCUT2D eigenvalue weighted by molar-refractivity contribution is -0.130. The molecule has 1 amide bonds. The third-order valence-corrected chi connectivity index (χ3v) is 4.83. The first-order valence-electron chi connectivity index (χ1n) is 5.95. The molecular weight excluding hydrogens is 286 g/mol. The van der Waals surface area contributed by atoms with Gasteiger partial charge in [0.2, 0.25) is 5.91 Å². The smallest absolute Gasteiger partial charge is 0.261 e. The van der Waals surface area contributed by atoms with Gasteiger partial charge in [0, 0.05) is 36.1 Å². The maximum absolute atomic E-state index is 11.6. The van der Waals surface area contributed by atoms with Crippen LogP contribution in [-0.2, 0) is 25.8 Å². The molecule has 0 atom stereocenters. The summed E-state index contributed by atoms with van der Waals surface area (Å²) in [5.41, 5.74) is 1.70. The molecule has 0 unspecified atom stereocenters. The van der Waals surface area contributed by atoms with Crippen molar-refractivity contribution in [2.24, 2.45) is 0 Å². The SMILES string of the molecule is CC(=O)N1Cc2cc(S(=O)(=O)Cl)ccc2C(C)(C)C1. The number of carbonyl (C=O) groups excluding carboxylic acids is 1. The number of halogens is 1. The second-order valence-electron chi connectivity index (χ2n) is 5.52. The normalized spacial score (nSPS) is 18.0. The van der Waals surface area contributed by atoms with Gasteiger partial charge in [-0.15, -0.1) is 0 Å². The zero-order chi connectivity index (χ0) is 14.4. The van der Waals surface area contributed by atoms with Crippen LogP contribution < -0.4 is 0 Å². The summed E-state index contributed by atoms with van der Waals surface area (Å²) in [6.07, 6.45) is 0. The van der Waals surface area contributed by atoms with Crippen molar-refractivity contribution in [2.75, 3.05) is 6.54 Å². The van der Waals surface area contributed by atoms with Crippen molar-refractivity contribution >= 4 is 25.6 Å². The van der Waals surface area contributed by atoms with Crippen molar-refractivity contribution in [1.29, 1.82) is 0 Å². The molecule has 4 nitrogen and oxygen atoms in total. The first-order valence-corrected chi connectivity index (χ1v) is 8.26. The molecule has 0 aliphatic carbocycles. The Morgan fingerprint density at radius 1 is 1.37 bits per heavy atom. The van der Waals surface area contributed by atoms with Crippen LogP contribution in [0, 0.1) is 0 Å². The highest BCUT2D eigenvalue weighted by Crippen LogP contribution is 2.35. The van der Waals surface area contributed by atoms with E-state index in [9.17, 15) is 13.2 Å². The van der Waals surface area contributed by atoms with Crippen LogP contribution in [0.15, 0.2) is 23.1 Å². The van der Waals surface area contributed by atoms with Gasteiger partial charge in [-0.25, -0.2) is 8.42 Å². The predicted octanol–water partition coefficient (Wildman–Crippen LogP) is 2.25. The van der Waals surface area contributed by atoms with E-state index in [4.69, 9.17) is 10.7 Å². The molecule has 1 aromatic carbocycles. The molecule has 6 heteroatoms. The van der Waals surface area contributed by atoms with Crippen LogP contribution in [0.4, 0.5) is 0 Å². The molecule has 104 valence electrons. The first kappa shape index (κ1) is 14.3. The highest BCUT2D eigenvalue weighted by atomic mass is 35.7. The van der Waals surface area contributed by atoms with Crippen molar-refractivity contribution in [3.8, 4) is 0 Å². The molecule has 0 spiro atoms. The van der Waals surface area contributed by atoms with Crippen molar-refractivity contribution in [3.63, 3.8) is 0 Å². The van der Waals surface area contributed by atoms with E-state index in [1.165, 1.54) is 13.0 Å². The van der Waals surface area contributed by atoms with E-state index in [1.54, 1.807) is 17.0 Å². The average molecular weight is 302 g/mol. The van der Waals surface area contributed by atoms with E-state index in [1.807, 2.05) is 13.8 Å². The largest absolute Gasteiger partial charge is 0.338 e. The van der Waals surface area contributed by atoms with E-state index < -0.39 is 9.05 Å². The van der Waals surface area contributed by atoms with E-state index >= 15 is 0 Å². The fourth-order valence-corrected chi connectivity index (χ4v) is 3.36. The summed E-state index contributed by atoms with van der Waals surface area (Å²) >= 11 is 0. The maximum Gasteiger partial charge on any atom is 0.261 e. The molecule has 0 saturated carbocycles. The molecule has 0 fully saturated rings. The van der Waals surface area contributed by atoms with E-state index in [0.29, 0.717) is 13.1 Å². The third-order valence-electron chi connectivity index (χ3n) is 3.48. The van der Waals surface area contributed by atoms with Gasteiger partial charge >= 0.3 is 0 Å².